The van der Waals surface area contributed by atoms with E-state index >= 15 is 0 Å². The van der Waals surface area contributed by atoms with Crippen LogP contribution in [0.4, 0.5) is 22.7 Å². The molecule has 0 aliphatic rings. The average molecular weight is 454 g/mol. The van der Waals surface area contributed by atoms with Crippen LogP contribution < -0.4 is 9.47 Å². The molecule has 0 saturated carbocycles. The topological polar surface area (TPSA) is 231 Å². The molecule has 32 heavy (non-hydrogen) atoms. The van der Waals surface area contributed by atoms with Crippen LogP contribution in [0.15, 0.2) is 36.4 Å². The van der Waals surface area contributed by atoms with E-state index in [-0.39, 0.29) is 0 Å². The summed E-state index contributed by atoms with van der Waals surface area (Å²) in [7, 11) is 0. The minimum absolute atomic E-state index is 0.404. The molecule has 2 atom stereocenters. The predicted molar refractivity (Wildman–Crippen MR) is 103 cm³/mol. The molecule has 2 aromatic rings. The molecule has 0 fully saturated rings. The highest BCUT2D eigenvalue weighted by Crippen LogP contribution is 2.32. The molecule has 2 N–H and O–H groups in total. The Morgan fingerprint density at radius 2 is 1.00 bits per heavy atom. The first-order chi connectivity index (χ1) is 15.0. The number of nitro benzene ring substituents is 4. The van der Waals surface area contributed by atoms with Crippen molar-refractivity contribution in [2.45, 2.75) is 12.2 Å². The lowest BCUT2D eigenvalue weighted by atomic mass is 10.2. The molecule has 0 aromatic heterocycles. The largest absolute Gasteiger partial charge is 0.484 e. The normalized spacial score (nSPS) is 12.4. The molecule has 0 amide bonds. The Morgan fingerprint density at radius 1 is 0.656 bits per heavy atom. The summed E-state index contributed by atoms with van der Waals surface area (Å²) >= 11 is 0. The van der Waals surface area contributed by atoms with E-state index in [0.717, 1.165) is 24.3 Å². The zero-order chi connectivity index (χ0) is 24.0. The van der Waals surface area contributed by atoms with E-state index in [1.165, 1.54) is 0 Å². The van der Waals surface area contributed by atoms with Crippen LogP contribution in [-0.2, 0) is 0 Å². The number of ether oxygens (including phenoxy) is 2. The first kappa shape index (κ1) is 23.8. The third kappa shape index (κ3) is 5.80. The summed E-state index contributed by atoms with van der Waals surface area (Å²) < 4.78 is 10.1. The van der Waals surface area contributed by atoms with Gasteiger partial charge in [0.25, 0.3) is 11.4 Å². The third-order valence-electron chi connectivity index (χ3n) is 3.96. The van der Waals surface area contributed by atoms with Crippen LogP contribution in [-0.4, -0.2) is 55.3 Å². The molecule has 2 unspecified atom stereocenters. The second-order valence-corrected chi connectivity index (χ2v) is 6.09. The first-order valence-electron chi connectivity index (χ1n) is 8.48. The van der Waals surface area contributed by atoms with Gasteiger partial charge in [-0.15, -0.1) is 0 Å². The van der Waals surface area contributed by atoms with Gasteiger partial charge in [0.05, 0.1) is 31.8 Å². The first-order valence-corrected chi connectivity index (χ1v) is 8.48. The lowest BCUT2D eigenvalue weighted by Gasteiger charge is -2.18. The van der Waals surface area contributed by atoms with E-state index in [1.807, 2.05) is 0 Å². The second kappa shape index (κ2) is 10.0. The lowest BCUT2D eigenvalue weighted by Crippen LogP contribution is -2.36. The fourth-order valence-electron chi connectivity index (χ4n) is 2.34. The predicted octanol–water partition coefficient (Wildman–Crippen LogP) is 1.50. The van der Waals surface area contributed by atoms with Crippen LogP contribution in [0, 0.1) is 40.5 Å². The summed E-state index contributed by atoms with van der Waals surface area (Å²) in [6, 6.07) is 5.12. The maximum Gasteiger partial charge on any atom is 0.317 e. The summed E-state index contributed by atoms with van der Waals surface area (Å²) in [5.41, 5.74) is -2.58. The fraction of sp³-hybridized carbons (Fsp3) is 0.250. The molecule has 0 aliphatic heterocycles. The molecular formula is C16H14N4O12. The number of aliphatic hydroxyl groups is 2. The number of nitrogens with zero attached hydrogens (tertiary/aromatic N) is 4. The Morgan fingerprint density at radius 3 is 1.28 bits per heavy atom. The Kier molecular flexibility index (Phi) is 7.48. The molecule has 2 aromatic carbocycles. The van der Waals surface area contributed by atoms with E-state index in [1.54, 1.807) is 0 Å². The number of aliphatic hydroxyl groups excluding tert-OH is 2. The Hall–Kier alpha value is -4.44. The van der Waals surface area contributed by atoms with Crippen LogP contribution in [0.3, 0.4) is 0 Å². The minimum Gasteiger partial charge on any atom is -0.484 e. The van der Waals surface area contributed by atoms with Gasteiger partial charge in [-0.1, -0.05) is 0 Å². The fourth-order valence-corrected chi connectivity index (χ4v) is 2.34. The van der Waals surface area contributed by atoms with Crippen molar-refractivity contribution < 1.29 is 39.4 Å². The summed E-state index contributed by atoms with van der Waals surface area (Å²) in [4.78, 5) is 40.0. The maximum atomic E-state index is 11.1. The molecule has 0 heterocycles. The SMILES string of the molecule is O=[N+]([O-])c1ccc(OCC(O)C(O)COc2ccc([N+](=O)[O-])cc2[N+](=O)[O-])c([N+](=O)[O-])c1. The number of hydrogen-bond donors (Lipinski definition) is 2. The Bertz CT molecular complexity index is 976. The third-order valence-corrected chi connectivity index (χ3v) is 3.96. The van der Waals surface area contributed by atoms with Crippen molar-refractivity contribution in [1.29, 1.82) is 0 Å². The monoisotopic (exact) mass is 454 g/mol. The van der Waals surface area contributed by atoms with E-state index < -0.39 is 79.4 Å². The standard InChI is InChI=1S/C16H14N4O12/c21-13(7-31-15-3-1-9(17(23)24)5-11(15)19(27)28)14(22)8-32-16-4-2-10(18(25)26)6-12(16)20(29)30/h1-6,13-14,21-22H,7-8H2. The Labute approximate surface area is 176 Å². The second-order valence-electron chi connectivity index (χ2n) is 6.09. The van der Waals surface area contributed by atoms with Crippen LogP contribution in [0.5, 0.6) is 11.5 Å². The van der Waals surface area contributed by atoms with Gasteiger partial charge in [-0.3, -0.25) is 40.5 Å². The van der Waals surface area contributed by atoms with Gasteiger partial charge in [-0.25, -0.2) is 0 Å². The molecule has 170 valence electrons. The van der Waals surface area contributed by atoms with E-state index in [4.69, 9.17) is 9.47 Å². The number of rotatable bonds is 11. The van der Waals surface area contributed by atoms with Crippen LogP contribution >= 0.6 is 0 Å². The zero-order valence-electron chi connectivity index (χ0n) is 15.8. The number of hydrogen-bond acceptors (Lipinski definition) is 12. The van der Waals surface area contributed by atoms with Crippen molar-refractivity contribution in [3.63, 3.8) is 0 Å². The molecular weight excluding hydrogens is 440 g/mol. The smallest absolute Gasteiger partial charge is 0.317 e. The molecule has 16 heteroatoms. The Balaban J connectivity index is 2.03. The summed E-state index contributed by atoms with van der Waals surface area (Å²) in [6.07, 6.45) is -3.36. The minimum atomic E-state index is -1.68. The molecule has 0 bridgehead atoms. The van der Waals surface area contributed by atoms with Crippen molar-refractivity contribution in [3.8, 4) is 11.5 Å². The lowest BCUT2D eigenvalue weighted by molar-refractivity contribution is -0.395. The van der Waals surface area contributed by atoms with Gasteiger partial charge in [0, 0.05) is 12.1 Å². The van der Waals surface area contributed by atoms with Gasteiger partial charge in [0.2, 0.25) is 0 Å². The molecule has 0 radical (unpaired) electrons. The van der Waals surface area contributed by atoms with Gasteiger partial charge in [-0.2, -0.15) is 0 Å². The average Bonchev–Trinajstić information content (AvgIpc) is 2.74. The van der Waals surface area contributed by atoms with Crippen molar-refractivity contribution in [1.82, 2.24) is 0 Å². The van der Waals surface area contributed by atoms with Crippen molar-refractivity contribution >= 4 is 22.7 Å². The highest BCUT2D eigenvalue weighted by atomic mass is 16.6. The van der Waals surface area contributed by atoms with Crippen LogP contribution in [0.2, 0.25) is 0 Å². The molecule has 0 spiro atoms. The van der Waals surface area contributed by atoms with Crippen molar-refractivity contribution in [2.24, 2.45) is 0 Å². The maximum absolute atomic E-state index is 11.1. The van der Waals surface area contributed by atoms with Gasteiger partial charge < -0.3 is 19.7 Å². The van der Waals surface area contributed by atoms with Crippen molar-refractivity contribution in [3.05, 3.63) is 76.9 Å². The quantitative estimate of drug-likeness (QED) is 0.363. The van der Waals surface area contributed by atoms with Gasteiger partial charge in [0.1, 0.15) is 25.4 Å². The molecule has 16 nitrogen and oxygen atoms in total. The number of benzene rings is 2. The van der Waals surface area contributed by atoms with E-state index in [0.29, 0.717) is 12.1 Å². The molecule has 0 saturated heterocycles. The highest BCUT2D eigenvalue weighted by Gasteiger charge is 2.25. The number of non-ortho nitro benzene ring substituents is 2. The summed E-state index contributed by atoms with van der Waals surface area (Å²) in [5, 5.41) is 63.5. The van der Waals surface area contributed by atoms with Crippen LogP contribution in [0.1, 0.15) is 0 Å². The van der Waals surface area contributed by atoms with Crippen LogP contribution in [0.25, 0.3) is 0 Å². The van der Waals surface area contributed by atoms with Gasteiger partial charge in [0.15, 0.2) is 11.5 Å². The summed E-state index contributed by atoms with van der Waals surface area (Å²) in [5.74, 6) is -0.808. The van der Waals surface area contributed by atoms with E-state index in [9.17, 15) is 50.7 Å². The molecule has 0 aliphatic carbocycles. The number of nitro groups is 4. The zero-order valence-corrected chi connectivity index (χ0v) is 15.8. The summed E-state index contributed by atoms with van der Waals surface area (Å²) in [6.45, 7) is -1.38. The van der Waals surface area contributed by atoms with Gasteiger partial charge in [-0.05, 0) is 12.1 Å². The van der Waals surface area contributed by atoms with E-state index in [2.05, 4.69) is 0 Å². The van der Waals surface area contributed by atoms with Crippen molar-refractivity contribution in [2.75, 3.05) is 13.2 Å². The molecule has 2 rings (SSSR count). The van der Waals surface area contributed by atoms with Gasteiger partial charge >= 0.3 is 11.4 Å². The highest BCUT2D eigenvalue weighted by molar-refractivity contribution is 5.54.